The van der Waals surface area contributed by atoms with Crippen LogP contribution in [0.2, 0.25) is 0 Å². The highest BCUT2D eigenvalue weighted by Gasteiger charge is 2.31. The number of Topliss-reactive ketones (excluding diaryl/α,β-unsaturated/α-hetero) is 1. The lowest BCUT2D eigenvalue weighted by atomic mass is 9.92. The van der Waals surface area contributed by atoms with Crippen molar-refractivity contribution in [3.05, 3.63) is 81.9 Å². The second-order valence-corrected chi connectivity index (χ2v) is 4.70. The lowest BCUT2D eigenvalue weighted by molar-refractivity contribution is -0.384. The van der Waals surface area contributed by atoms with Crippen molar-refractivity contribution in [2.75, 3.05) is 0 Å². The number of nitro groups is 1. The second kappa shape index (κ2) is 4.86. The Morgan fingerprint density at radius 1 is 1.10 bits per heavy atom. The maximum Gasteiger partial charge on any atom is 0.269 e. The first-order valence-electron chi connectivity index (χ1n) is 6.31. The smallest absolute Gasteiger partial charge is 0.269 e. The Kier molecular flexibility index (Phi) is 3.02. The zero-order chi connectivity index (χ0) is 15.0. The molecule has 0 bridgehead atoms. The highest BCUT2D eigenvalue weighted by atomic mass is 16.6. The molecule has 1 heterocycles. The number of ether oxygens (including phenoxy) is 1. The van der Waals surface area contributed by atoms with E-state index in [1.54, 1.807) is 36.4 Å². The highest BCUT2D eigenvalue weighted by molar-refractivity contribution is 6.11. The van der Waals surface area contributed by atoms with Gasteiger partial charge in [-0.1, -0.05) is 18.7 Å². The van der Waals surface area contributed by atoms with Gasteiger partial charge in [0.15, 0.2) is 11.9 Å². The fraction of sp³-hybridized carbons (Fsp3) is 0.0625. The highest BCUT2D eigenvalue weighted by Crippen LogP contribution is 2.37. The molecule has 2 aromatic rings. The topological polar surface area (TPSA) is 69.4 Å². The fourth-order valence-electron chi connectivity index (χ4n) is 2.29. The van der Waals surface area contributed by atoms with Gasteiger partial charge in [0.25, 0.3) is 5.69 Å². The number of nitro benzene ring substituents is 1. The molecule has 1 unspecified atom stereocenters. The number of non-ortho nitro benzene ring substituents is 1. The third-order valence-corrected chi connectivity index (χ3v) is 3.39. The van der Waals surface area contributed by atoms with Crippen molar-refractivity contribution < 1.29 is 14.5 Å². The summed E-state index contributed by atoms with van der Waals surface area (Å²) >= 11 is 0. The molecule has 3 rings (SSSR count). The fourth-order valence-corrected chi connectivity index (χ4v) is 2.29. The molecule has 0 spiro atoms. The van der Waals surface area contributed by atoms with Crippen LogP contribution in [0.25, 0.3) is 0 Å². The Bertz CT molecular complexity index is 749. The van der Waals surface area contributed by atoms with E-state index < -0.39 is 11.0 Å². The predicted molar refractivity (Wildman–Crippen MR) is 76.4 cm³/mol. The van der Waals surface area contributed by atoms with E-state index in [1.165, 1.54) is 12.1 Å². The zero-order valence-electron chi connectivity index (χ0n) is 11.0. The van der Waals surface area contributed by atoms with E-state index in [0.29, 0.717) is 22.4 Å². The van der Waals surface area contributed by atoms with E-state index in [2.05, 4.69) is 6.58 Å². The molecule has 104 valence electrons. The number of carbonyl (C=O) groups is 1. The van der Waals surface area contributed by atoms with E-state index in [4.69, 9.17) is 4.74 Å². The van der Waals surface area contributed by atoms with E-state index in [9.17, 15) is 14.9 Å². The molecule has 5 nitrogen and oxygen atoms in total. The van der Waals surface area contributed by atoms with Crippen molar-refractivity contribution in [3.8, 4) is 5.75 Å². The number of nitrogens with zero attached hydrogens (tertiary/aromatic N) is 1. The van der Waals surface area contributed by atoms with Crippen LogP contribution in [-0.4, -0.2) is 10.7 Å². The number of benzene rings is 2. The zero-order valence-corrected chi connectivity index (χ0v) is 11.0. The number of hydrogen-bond donors (Lipinski definition) is 0. The molecule has 5 heteroatoms. The number of ketones is 1. The molecule has 0 fully saturated rings. The Labute approximate surface area is 120 Å². The first-order chi connectivity index (χ1) is 10.1. The summed E-state index contributed by atoms with van der Waals surface area (Å²) in [7, 11) is 0. The van der Waals surface area contributed by atoms with Gasteiger partial charge in [0.2, 0.25) is 0 Å². The van der Waals surface area contributed by atoms with Gasteiger partial charge in [-0.3, -0.25) is 14.9 Å². The van der Waals surface area contributed by atoms with Crippen LogP contribution in [0, 0.1) is 10.1 Å². The summed E-state index contributed by atoms with van der Waals surface area (Å²) in [5.41, 5.74) is 1.46. The summed E-state index contributed by atoms with van der Waals surface area (Å²) in [6, 6.07) is 12.9. The summed E-state index contributed by atoms with van der Waals surface area (Å²) in [4.78, 5) is 22.5. The number of fused-ring (bicyclic) bond motifs is 1. The number of carbonyl (C=O) groups excluding carboxylic acids is 1. The monoisotopic (exact) mass is 281 g/mol. The first-order valence-corrected chi connectivity index (χ1v) is 6.31. The van der Waals surface area contributed by atoms with Gasteiger partial charge in [-0.2, -0.15) is 0 Å². The Balaban J connectivity index is 1.98. The lowest BCUT2D eigenvalue weighted by Crippen LogP contribution is -2.23. The van der Waals surface area contributed by atoms with E-state index >= 15 is 0 Å². The Morgan fingerprint density at radius 3 is 2.43 bits per heavy atom. The predicted octanol–water partition coefficient (Wildman–Crippen LogP) is 3.47. The molecule has 0 amide bonds. The molecule has 1 aliphatic rings. The maximum atomic E-state index is 12.3. The molecule has 0 radical (unpaired) electrons. The van der Waals surface area contributed by atoms with Gasteiger partial charge >= 0.3 is 0 Å². The molecule has 2 aromatic carbocycles. The van der Waals surface area contributed by atoms with Crippen molar-refractivity contribution in [1.29, 1.82) is 0 Å². The number of rotatable bonds is 2. The van der Waals surface area contributed by atoms with Crippen LogP contribution in [-0.2, 0) is 0 Å². The van der Waals surface area contributed by atoms with Gasteiger partial charge in [0, 0.05) is 17.7 Å². The van der Waals surface area contributed by atoms with Gasteiger partial charge in [-0.15, -0.1) is 0 Å². The summed E-state index contributed by atoms with van der Waals surface area (Å²) in [5.74, 6) is 0.332. The van der Waals surface area contributed by atoms with Gasteiger partial charge in [-0.05, 0) is 29.8 Å². The Morgan fingerprint density at radius 2 is 1.76 bits per heavy atom. The molecule has 1 atom stereocenters. The first kappa shape index (κ1) is 13.1. The van der Waals surface area contributed by atoms with Crippen molar-refractivity contribution in [2.24, 2.45) is 0 Å². The van der Waals surface area contributed by atoms with Gasteiger partial charge in [-0.25, -0.2) is 0 Å². The molecule has 0 N–H and O–H groups in total. The minimum absolute atomic E-state index is 0.00750. The summed E-state index contributed by atoms with van der Waals surface area (Å²) in [6.07, 6.45) is -0.617. The standard InChI is InChI=1S/C16H11NO4/c1-10-15(18)13-4-2-3-5-14(13)21-16(10)11-6-8-12(9-7-11)17(19)20/h2-9,16H,1H2. The van der Waals surface area contributed by atoms with E-state index in [-0.39, 0.29) is 11.5 Å². The maximum absolute atomic E-state index is 12.3. The van der Waals surface area contributed by atoms with Crippen LogP contribution in [0.15, 0.2) is 60.7 Å². The van der Waals surface area contributed by atoms with Crippen molar-refractivity contribution in [3.63, 3.8) is 0 Å². The lowest BCUT2D eigenvalue weighted by Gasteiger charge is -2.27. The average Bonchev–Trinajstić information content (AvgIpc) is 2.51. The van der Waals surface area contributed by atoms with Crippen LogP contribution < -0.4 is 4.74 Å². The quantitative estimate of drug-likeness (QED) is 0.480. The molecule has 0 saturated heterocycles. The van der Waals surface area contributed by atoms with Crippen LogP contribution in [0.3, 0.4) is 0 Å². The number of para-hydroxylation sites is 1. The molecule has 21 heavy (non-hydrogen) atoms. The summed E-state index contributed by atoms with van der Waals surface area (Å²) < 4.78 is 5.81. The van der Waals surface area contributed by atoms with Crippen LogP contribution >= 0.6 is 0 Å². The summed E-state index contributed by atoms with van der Waals surface area (Å²) in [5, 5.41) is 10.7. The SMILES string of the molecule is C=C1C(=O)c2ccccc2OC1c1ccc([N+](=O)[O-])cc1. The van der Waals surface area contributed by atoms with Gasteiger partial charge in [0.1, 0.15) is 5.75 Å². The van der Waals surface area contributed by atoms with Crippen molar-refractivity contribution in [1.82, 2.24) is 0 Å². The third-order valence-electron chi connectivity index (χ3n) is 3.39. The van der Waals surface area contributed by atoms with Gasteiger partial charge < -0.3 is 4.74 Å². The molecule has 0 saturated carbocycles. The third kappa shape index (κ3) is 2.18. The minimum Gasteiger partial charge on any atom is -0.480 e. The molecule has 1 aliphatic heterocycles. The van der Waals surface area contributed by atoms with Crippen molar-refractivity contribution >= 4 is 11.5 Å². The number of hydrogen-bond acceptors (Lipinski definition) is 4. The van der Waals surface area contributed by atoms with Crippen LogP contribution in [0.4, 0.5) is 5.69 Å². The van der Waals surface area contributed by atoms with E-state index in [0.717, 1.165) is 0 Å². The molecular weight excluding hydrogens is 270 g/mol. The van der Waals surface area contributed by atoms with Gasteiger partial charge in [0.05, 0.1) is 10.5 Å². The molecular formula is C16H11NO4. The van der Waals surface area contributed by atoms with Crippen LogP contribution in [0.5, 0.6) is 5.75 Å². The second-order valence-electron chi connectivity index (χ2n) is 4.70. The minimum atomic E-state index is -0.617. The molecule has 0 aliphatic carbocycles. The summed E-state index contributed by atoms with van der Waals surface area (Å²) in [6.45, 7) is 3.80. The average molecular weight is 281 g/mol. The normalized spacial score (nSPS) is 17.0. The van der Waals surface area contributed by atoms with E-state index in [1.807, 2.05) is 0 Å². The largest absolute Gasteiger partial charge is 0.480 e. The van der Waals surface area contributed by atoms with Crippen molar-refractivity contribution in [2.45, 2.75) is 6.10 Å². The van der Waals surface area contributed by atoms with Crippen LogP contribution in [0.1, 0.15) is 22.0 Å². The Hall–Kier alpha value is -2.95. The molecule has 0 aromatic heterocycles.